The van der Waals surface area contributed by atoms with E-state index in [2.05, 4.69) is 17.0 Å². The summed E-state index contributed by atoms with van der Waals surface area (Å²) < 4.78 is 20.3. The van der Waals surface area contributed by atoms with Crippen molar-refractivity contribution in [2.75, 3.05) is 26.7 Å². The highest BCUT2D eigenvalue weighted by molar-refractivity contribution is 5.80. The summed E-state index contributed by atoms with van der Waals surface area (Å²) in [5, 5.41) is 15.2. The Labute approximate surface area is 230 Å². The highest BCUT2D eigenvalue weighted by Gasteiger charge is 2.44. The van der Waals surface area contributed by atoms with Gasteiger partial charge in [0.25, 0.3) is 0 Å². The first-order valence-corrected chi connectivity index (χ1v) is 14.2. The van der Waals surface area contributed by atoms with E-state index in [1.54, 1.807) is 12.1 Å². The average Bonchev–Trinajstić information content (AvgIpc) is 3.40. The van der Waals surface area contributed by atoms with Gasteiger partial charge in [0.05, 0.1) is 18.6 Å². The number of piperidine rings is 1. The molecule has 212 valence electrons. The molecule has 8 heteroatoms. The first-order chi connectivity index (χ1) is 18.8. The van der Waals surface area contributed by atoms with E-state index in [0.29, 0.717) is 49.2 Å². The molecule has 4 atom stereocenters. The zero-order valence-corrected chi connectivity index (χ0v) is 23.1. The standard InChI is InChI=1S/C31H42FN3O4/c1-3-21-9-4-10-22(19-21)28-25(13-6-14-26(28)32)31(38,16-8-17-34-30(37)39-2)23-11-7-18-35(20-23)29(36)24-12-5-15-27(24)33/h4,6,9-10,13-14,19,23-24,27,38H,3,5,7-8,11-12,15-18,20,33H2,1-2H3,(H,34,37)/t23?,24-,27+,31+/m1/s1. The van der Waals surface area contributed by atoms with Gasteiger partial charge in [0, 0.05) is 37.2 Å². The van der Waals surface area contributed by atoms with Gasteiger partial charge in [0.1, 0.15) is 5.82 Å². The molecular weight excluding hydrogens is 497 g/mol. The molecule has 39 heavy (non-hydrogen) atoms. The summed E-state index contributed by atoms with van der Waals surface area (Å²) in [4.78, 5) is 26.9. The fraction of sp³-hybridized carbons (Fsp3) is 0.548. The number of carbonyl (C=O) groups excluding carboxylic acids is 2. The first kappa shape index (κ1) is 29.0. The second-order valence-corrected chi connectivity index (χ2v) is 11.0. The molecule has 0 bridgehead atoms. The Morgan fingerprint density at radius 3 is 2.69 bits per heavy atom. The van der Waals surface area contributed by atoms with E-state index in [-0.39, 0.29) is 30.2 Å². The van der Waals surface area contributed by atoms with E-state index in [9.17, 15) is 14.7 Å². The van der Waals surface area contributed by atoms with Crippen LogP contribution in [0.25, 0.3) is 11.1 Å². The maximum atomic E-state index is 15.6. The van der Waals surface area contributed by atoms with Gasteiger partial charge < -0.3 is 25.8 Å². The zero-order chi connectivity index (χ0) is 28.0. The molecule has 4 N–H and O–H groups in total. The fourth-order valence-electron chi connectivity index (χ4n) is 6.40. The van der Waals surface area contributed by atoms with Crippen molar-refractivity contribution in [3.05, 3.63) is 59.4 Å². The van der Waals surface area contributed by atoms with Crippen LogP contribution in [0.15, 0.2) is 42.5 Å². The molecular formula is C31H42FN3O4. The Morgan fingerprint density at radius 1 is 1.18 bits per heavy atom. The molecule has 2 aromatic rings. The number of carbonyl (C=O) groups is 2. The minimum atomic E-state index is -1.42. The highest BCUT2D eigenvalue weighted by Crippen LogP contribution is 2.44. The van der Waals surface area contributed by atoms with Crippen molar-refractivity contribution in [2.24, 2.45) is 17.6 Å². The van der Waals surface area contributed by atoms with Crippen LogP contribution in [-0.2, 0) is 21.6 Å². The number of rotatable bonds is 9. The number of aliphatic hydroxyl groups is 1. The number of nitrogens with one attached hydrogen (secondary N) is 1. The van der Waals surface area contributed by atoms with Crippen molar-refractivity contribution >= 4 is 12.0 Å². The maximum absolute atomic E-state index is 15.6. The topological polar surface area (TPSA) is 105 Å². The maximum Gasteiger partial charge on any atom is 0.406 e. The molecule has 0 radical (unpaired) electrons. The number of halogens is 1. The molecule has 4 rings (SSSR count). The van der Waals surface area contributed by atoms with E-state index < -0.39 is 17.5 Å². The SMILES string of the molecule is CCc1cccc(-c2c(F)cccc2[C@](O)(CCCNC(=O)OC)C2CCCN(C(=O)[C@@H]3CCC[C@@H]3N)C2)c1. The zero-order valence-electron chi connectivity index (χ0n) is 23.1. The molecule has 1 saturated heterocycles. The second-order valence-electron chi connectivity index (χ2n) is 11.0. The number of amides is 2. The predicted octanol–water partition coefficient (Wildman–Crippen LogP) is 4.74. The van der Waals surface area contributed by atoms with Gasteiger partial charge in [-0.05, 0) is 67.7 Å². The third-order valence-corrected chi connectivity index (χ3v) is 8.59. The van der Waals surface area contributed by atoms with Crippen LogP contribution in [0.3, 0.4) is 0 Å². The average molecular weight is 540 g/mol. The number of methoxy groups -OCH3 is 1. The highest BCUT2D eigenvalue weighted by atomic mass is 19.1. The van der Waals surface area contributed by atoms with Crippen molar-refractivity contribution in [1.82, 2.24) is 10.2 Å². The summed E-state index contributed by atoms with van der Waals surface area (Å²) in [6.07, 6.45) is 5.07. The lowest BCUT2D eigenvalue weighted by molar-refractivity contribution is -0.141. The molecule has 0 spiro atoms. The quantitative estimate of drug-likeness (QED) is 0.399. The number of alkyl carbamates (subject to hydrolysis) is 1. The molecule has 1 aliphatic carbocycles. The number of likely N-dealkylation sites (tertiary alicyclic amines) is 1. The molecule has 1 unspecified atom stereocenters. The third kappa shape index (κ3) is 6.44. The normalized spacial score (nSPS) is 22.8. The van der Waals surface area contributed by atoms with Crippen molar-refractivity contribution in [3.8, 4) is 11.1 Å². The predicted molar refractivity (Wildman–Crippen MR) is 149 cm³/mol. The van der Waals surface area contributed by atoms with Crippen molar-refractivity contribution in [3.63, 3.8) is 0 Å². The van der Waals surface area contributed by atoms with Crippen LogP contribution in [0.5, 0.6) is 0 Å². The molecule has 2 aromatic carbocycles. The van der Waals surface area contributed by atoms with Crippen molar-refractivity contribution in [2.45, 2.75) is 69.9 Å². The van der Waals surface area contributed by atoms with Crippen LogP contribution in [0, 0.1) is 17.7 Å². The van der Waals surface area contributed by atoms with Gasteiger partial charge in [-0.2, -0.15) is 0 Å². The summed E-state index contributed by atoms with van der Waals surface area (Å²) in [7, 11) is 1.30. The number of aryl methyl sites for hydroxylation is 1. The Balaban J connectivity index is 1.70. The summed E-state index contributed by atoms with van der Waals surface area (Å²) in [5.74, 6) is -0.814. The van der Waals surface area contributed by atoms with Gasteiger partial charge in [-0.15, -0.1) is 0 Å². The lowest BCUT2D eigenvalue weighted by atomic mass is 9.72. The van der Waals surface area contributed by atoms with Crippen LogP contribution in [0.1, 0.15) is 63.0 Å². The van der Waals surface area contributed by atoms with Crippen molar-refractivity contribution in [1.29, 1.82) is 0 Å². The second kappa shape index (κ2) is 12.9. The van der Waals surface area contributed by atoms with Crippen LogP contribution < -0.4 is 11.1 Å². The molecule has 1 aliphatic heterocycles. The van der Waals surface area contributed by atoms with E-state index in [1.807, 2.05) is 29.2 Å². The van der Waals surface area contributed by atoms with Gasteiger partial charge >= 0.3 is 6.09 Å². The number of ether oxygens (including phenoxy) is 1. The number of hydrogen-bond acceptors (Lipinski definition) is 5. The van der Waals surface area contributed by atoms with Crippen molar-refractivity contribution < 1.29 is 23.8 Å². The van der Waals surface area contributed by atoms with Crippen LogP contribution in [0.2, 0.25) is 0 Å². The molecule has 7 nitrogen and oxygen atoms in total. The molecule has 1 saturated carbocycles. The third-order valence-electron chi connectivity index (χ3n) is 8.59. The Bertz CT molecular complexity index is 1160. The Morgan fingerprint density at radius 2 is 1.97 bits per heavy atom. The van der Waals surface area contributed by atoms with E-state index >= 15 is 4.39 Å². The van der Waals surface area contributed by atoms with Gasteiger partial charge in [-0.3, -0.25) is 4.79 Å². The van der Waals surface area contributed by atoms with Crippen LogP contribution in [0.4, 0.5) is 9.18 Å². The smallest absolute Gasteiger partial charge is 0.406 e. The summed E-state index contributed by atoms with van der Waals surface area (Å²) in [6, 6.07) is 12.5. The summed E-state index contributed by atoms with van der Waals surface area (Å²) in [6.45, 7) is 3.37. The lowest BCUT2D eigenvalue weighted by Gasteiger charge is -2.44. The molecule has 1 heterocycles. The number of nitrogens with two attached hydrogens (primary N) is 1. The molecule has 0 aromatic heterocycles. The summed E-state index contributed by atoms with van der Waals surface area (Å²) in [5.41, 5.74) is 7.53. The van der Waals surface area contributed by atoms with Gasteiger partial charge in [0.15, 0.2) is 0 Å². The first-order valence-electron chi connectivity index (χ1n) is 14.2. The van der Waals surface area contributed by atoms with E-state index in [1.165, 1.54) is 13.2 Å². The van der Waals surface area contributed by atoms with Gasteiger partial charge in [0.2, 0.25) is 5.91 Å². The van der Waals surface area contributed by atoms with Gasteiger partial charge in [-0.25, -0.2) is 9.18 Å². The monoisotopic (exact) mass is 539 g/mol. The number of nitrogens with zero attached hydrogens (tertiary/aromatic N) is 1. The lowest BCUT2D eigenvalue weighted by Crippen LogP contribution is -2.51. The largest absolute Gasteiger partial charge is 0.453 e. The van der Waals surface area contributed by atoms with Crippen LogP contribution >= 0.6 is 0 Å². The summed E-state index contributed by atoms with van der Waals surface area (Å²) >= 11 is 0. The molecule has 2 aliphatic rings. The minimum absolute atomic E-state index is 0.0644. The Kier molecular flexibility index (Phi) is 9.62. The van der Waals surface area contributed by atoms with Gasteiger partial charge in [-0.1, -0.05) is 49.7 Å². The molecule has 2 amide bonds. The number of benzene rings is 2. The minimum Gasteiger partial charge on any atom is -0.453 e. The van der Waals surface area contributed by atoms with E-state index in [0.717, 1.165) is 37.7 Å². The Hall–Kier alpha value is -2.97. The van der Waals surface area contributed by atoms with E-state index in [4.69, 9.17) is 5.73 Å². The molecule has 2 fully saturated rings. The van der Waals surface area contributed by atoms with Crippen LogP contribution in [-0.4, -0.2) is 54.8 Å². The number of hydrogen-bond donors (Lipinski definition) is 3. The fourth-order valence-corrected chi connectivity index (χ4v) is 6.40.